The highest BCUT2D eigenvalue weighted by Crippen LogP contribution is 2.32. The van der Waals surface area contributed by atoms with Crippen molar-refractivity contribution in [2.45, 2.75) is 30.0 Å². The van der Waals surface area contributed by atoms with Crippen molar-refractivity contribution < 1.29 is 18.4 Å². The van der Waals surface area contributed by atoms with Crippen LogP contribution in [0.15, 0.2) is 53.4 Å². The van der Waals surface area contributed by atoms with E-state index in [0.717, 1.165) is 11.8 Å². The molecule has 0 amide bonds. The van der Waals surface area contributed by atoms with Crippen molar-refractivity contribution in [3.8, 4) is 0 Å². The summed E-state index contributed by atoms with van der Waals surface area (Å²) in [6.45, 7) is 1.54. The lowest BCUT2D eigenvalue weighted by Gasteiger charge is -2.25. The fourth-order valence-corrected chi connectivity index (χ4v) is 4.42. The van der Waals surface area contributed by atoms with Crippen molar-refractivity contribution >= 4 is 21.2 Å². The molecule has 0 aliphatic carbocycles. The van der Waals surface area contributed by atoms with Crippen LogP contribution < -0.4 is 5.32 Å². The van der Waals surface area contributed by atoms with Crippen LogP contribution in [0.2, 0.25) is 0 Å². The number of aliphatic hydroxyl groups excluding tert-OH is 1. The standard InChI is InChI=1S/C19H23N3O5S/c1-28(26,27)18-9-5-8-17(19(18)22(24)25)20-11-15-10-16(23)13-21(15)12-14-6-3-2-4-7-14/h2-9,15-16,20,23H,10-13H2,1H3. The van der Waals surface area contributed by atoms with E-state index in [0.29, 0.717) is 26.1 Å². The highest BCUT2D eigenvalue weighted by Gasteiger charge is 2.32. The first-order chi connectivity index (χ1) is 13.3. The molecular weight excluding hydrogens is 382 g/mol. The number of β-amino-alcohol motifs (C(OH)–C–C–N with tert-alkyl or cyclic N) is 1. The minimum atomic E-state index is -3.73. The Bertz CT molecular complexity index is 949. The van der Waals surface area contributed by atoms with Crippen LogP contribution in [0.1, 0.15) is 12.0 Å². The highest BCUT2D eigenvalue weighted by atomic mass is 32.2. The second-order valence-corrected chi connectivity index (χ2v) is 9.01. The lowest BCUT2D eigenvalue weighted by molar-refractivity contribution is -0.386. The van der Waals surface area contributed by atoms with Gasteiger partial charge in [-0.1, -0.05) is 36.4 Å². The van der Waals surface area contributed by atoms with Gasteiger partial charge >= 0.3 is 5.69 Å². The quantitative estimate of drug-likeness (QED) is 0.535. The average Bonchev–Trinajstić information content (AvgIpc) is 2.98. The number of sulfone groups is 1. The molecular formula is C19H23N3O5S. The molecule has 0 spiro atoms. The minimum absolute atomic E-state index is 0.0308. The van der Waals surface area contributed by atoms with Gasteiger partial charge in [0.2, 0.25) is 0 Å². The monoisotopic (exact) mass is 405 g/mol. The number of nitrogens with one attached hydrogen (secondary N) is 1. The Kier molecular flexibility index (Phi) is 5.97. The number of nitrogens with zero attached hydrogens (tertiary/aromatic N) is 2. The molecule has 3 rings (SSSR count). The largest absolute Gasteiger partial charge is 0.392 e. The SMILES string of the molecule is CS(=O)(=O)c1cccc(NCC2CC(O)CN2Cc2ccccc2)c1[N+](=O)[O-]. The molecule has 1 fully saturated rings. The molecule has 1 heterocycles. The number of nitro benzene ring substituents is 1. The number of aliphatic hydroxyl groups is 1. The molecule has 9 heteroatoms. The maximum atomic E-state index is 11.9. The summed E-state index contributed by atoms with van der Waals surface area (Å²) < 4.78 is 23.8. The van der Waals surface area contributed by atoms with Crippen molar-refractivity contribution in [2.24, 2.45) is 0 Å². The van der Waals surface area contributed by atoms with Gasteiger partial charge in [-0.3, -0.25) is 15.0 Å². The van der Waals surface area contributed by atoms with Gasteiger partial charge in [-0.05, 0) is 24.1 Å². The summed E-state index contributed by atoms with van der Waals surface area (Å²) in [5, 5.41) is 24.6. The van der Waals surface area contributed by atoms with E-state index in [1.807, 2.05) is 30.3 Å². The Morgan fingerprint density at radius 2 is 1.93 bits per heavy atom. The molecule has 2 atom stereocenters. The molecule has 0 saturated carbocycles. The molecule has 1 saturated heterocycles. The normalized spacial score (nSPS) is 20.2. The Morgan fingerprint density at radius 1 is 1.21 bits per heavy atom. The maximum Gasteiger partial charge on any atom is 0.310 e. The first-order valence-electron chi connectivity index (χ1n) is 8.93. The third-order valence-electron chi connectivity index (χ3n) is 4.84. The first-order valence-corrected chi connectivity index (χ1v) is 10.8. The Balaban J connectivity index is 1.78. The van der Waals surface area contributed by atoms with Crippen LogP contribution >= 0.6 is 0 Å². The van der Waals surface area contributed by atoms with Gasteiger partial charge in [0.05, 0.1) is 11.0 Å². The van der Waals surface area contributed by atoms with Crippen molar-refractivity contribution in [1.29, 1.82) is 0 Å². The molecule has 1 aliphatic heterocycles. The number of hydrogen-bond donors (Lipinski definition) is 2. The lowest BCUT2D eigenvalue weighted by atomic mass is 10.1. The van der Waals surface area contributed by atoms with Crippen LogP contribution in [0.4, 0.5) is 11.4 Å². The molecule has 1 aliphatic rings. The number of nitro groups is 1. The smallest absolute Gasteiger partial charge is 0.310 e. The third kappa shape index (κ3) is 4.67. The van der Waals surface area contributed by atoms with Crippen molar-refractivity contribution in [1.82, 2.24) is 4.90 Å². The number of rotatable bonds is 7. The molecule has 0 aromatic heterocycles. The van der Waals surface area contributed by atoms with Crippen LogP contribution in [-0.4, -0.2) is 54.8 Å². The summed E-state index contributed by atoms with van der Waals surface area (Å²) >= 11 is 0. The van der Waals surface area contributed by atoms with E-state index < -0.39 is 26.6 Å². The van der Waals surface area contributed by atoms with Crippen molar-refractivity contribution in [2.75, 3.05) is 24.7 Å². The fourth-order valence-electron chi connectivity index (χ4n) is 3.56. The van der Waals surface area contributed by atoms with Gasteiger partial charge in [0.15, 0.2) is 9.84 Å². The predicted octanol–water partition coefficient (Wildman–Crippen LogP) is 2.05. The molecule has 0 radical (unpaired) electrons. The van der Waals surface area contributed by atoms with E-state index in [4.69, 9.17) is 0 Å². The number of anilines is 1. The summed E-state index contributed by atoms with van der Waals surface area (Å²) in [6, 6.07) is 14.1. The van der Waals surface area contributed by atoms with E-state index in [9.17, 15) is 23.6 Å². The maximum absolute atomic E-state index is 11.9. The van der Waals surface area contributed by atoms with E-state index in [2.05, 4.69) is 10.2 Å². The van der Waals surface area contributed by atoms with Crippen LogP contribution in [0, 0.1) is 10.1 Å². The van der Waals surface area contributed by atoms with E-state index in [-0.39, 0.29) is 16.6 Å². The minimum Gasteiger partial charge on any atom is -0.392 e. The summed E-state index contributed by atoms with van der Waals surface area (Å²) in [5.41, 5.74) is 0.832. The van der Waals surface area contributed by atoms with E-state index in [1.165, 1.54) is 18.2 Å². The van der Waals surface area contributed by atoms with Gasteiger partial charge in [-0.15, -0.1) is 0 Å². The molecule has 2 unspecified atom stereocenters. The number of hydrogen-bond acceptors (Lipinski definition) is 7. The van der Waals surface area contributed by atoms with Gasteiger partial charge in [0.1, 0.15) is 10.6 Å². The number of benzene rings is 2. The van der Waals surface area contributed by atoms with Crippen LogP contribution in [-0.2, 0) is 16.4 Å². The fraction of sp³-hybridized carbons (Fsp3) is 0.368. The van der Waals surface area contributed by atoms with Gasteiger partial charge < -0.3 is 10.4 Å². The van der Waals surface area contributed by atoms with Gasteiger partial charge in [0, 0.05) is 31.9 Å². The van der Waals surface area contributed by atoms with E-state index in [1.54, 1.807) is 0 Å². The van der Waals surface area contributed by atoms with Crippen molar-refractivity contribution in [3.05, 3.63) is 64.2 Å². The highest BCUT2D eigenvalue weighted by molar-refractivity contribution is 7.90. The Hall–Kier alpha value is -2.49. The van der Waals surface area contributed by atoms with Crippen LogP contribution in [0.25, 0.3) is 0 Å². The average molecular weight is 405 g/mol. The Morgan fingerprint density at radius 3 is 2.57 bits per heavy atom. The molecule has 0 bridgehead atoms. The summed E-state index contributed by atoms with van der Waals surface area (Å²) in [4.78, 5) is 12.6. The number of para-hydroxylation sites is 1. The second kappa shape index (κ2) is 8.26. The lowest BCUT2D eigenvalue weighted by Crippen LogP contribution is -2.34. The van der Waals surface area contributed by atoms with Crippen LogP contribution in [0.5, 0.6) is 0 Å². The van der Waals surface area contributed by atoms with Crippen molar-refractivity contribution in [3.63, 3.8) is 0 Å². The molecule has 150 valence electrons. The topological polar surface area (TPSA) is 113 Å². The zero-order valence-electron chi connectivity index (χ0n) is 15.5. The van der Waals surface area contributed by atoms with Gasteiger partial charge in [-0.2, -0.15) is 0 Å². The van der Waals surface area contributed by atoms with Crippen LogP contribution in [0.3, 0.4) is 0 Å². The predicted molar refractivity (Wildman–Crippen MR) is 106 cm³/mol. The summed E-state index contributed by atoms with van der Waals surface area (Å²) in [7, 11) is -3.73. The molecule has 28 heavy (non-hydrogen) atoms. The molecule has 2 aromatic rings. The van der Waals surface area contributed by atoms with Gasteiger partial charge in [-0.25, -0.2) is 8.42 Å². The van der Waals surface area contributed by atoms with E-state index >= 15 is 0 Å². The molecule has 2 N–H and O–H groups in total. The number of likely N-dealkylation sites (tertiary alicyclic amines) is 1. The summed E-state index contributed by atoms with van der Waals surface area (Å²) in [5.74, 6) is 0. The third-order valence-corrected chi connectivity index (χ3v) is 5.97. The second-order valence-electron chi connectivity index (χ2n) is 7.02. The zero-order chi connectivity index (χ0) is 20.3. The Labute approximate surface area is 163 Å². The van der Waals surface area contributed by atoms with Gasteiger partial charge in [0.25, 0.3) is 0 Å². The first kappa shape index (κ1) is 20.2. The molecule has 2 aromatic carbocycles. The zero-order valence-corrected chi connectivity index (χ0v) is 16.3. The summed E-state index contributed by atoms with van der Waals surface area (Å²) in [6.07, 6.45) is 1.03. The molecule has 8 nitrogen and oxygen atoms in total.